The SMILES string of the molecule is N#CC1CCN(C(=O)C2CCN(C(=O)c3cccc4ccccc34)CC2)CC1. The number of likely N-dealkylation sites (tertiary alicyclic amines) is 2. The van der Waals surface area contributed by atoms with E-state index in [1.807, 2.05) is 52.3 Å². The molecule has 2 aliphatic rings. The molecule has 2 aromatic rings. The van der Waals surface area contributed by atoms with Gasteiger partial charge < -0.3 is 9.80 Å². The van der Waals surface area contributed by atoms with E-state index in [0.29, 0.717) is 39.0 Å². The summed E-state index contributed by atoms with van der Waals surface area (Å²) in [5.74, 6) is 0.339. The van der Waals surface area contributed by atoms with Crippen LogP contribution in [-0.2, 0) is 4.79 Å². The summed E-state index contributed by atoms with van der Waals surface area (Å²) in [6.07, 6.45) is 2.99. The van der Waals surface area contributed by atoms with Gasteiger partial charge in [-0.2, -0.15) is 5.26 Å². The summed E-state index contributed by atoms with van der Waals surface area (Å²) < 4.78 is 0. The lowest BCUT2D eigenvalue weighted by atomic mass is 9.92. The molecule has 0 aromatic heterocycles. The van der Waals surface area contributed by atoms with Crippen molar-refractivity contribution in [3.8, 4) is 6.07 Å². The third kappa shape index (κ3) is 3.60. The zero-order chi connectivity index (χ0) is 19.5. The maximum Gasteiger partial charge on any atom is 0.254 e. The Hall–Kier alpha value is -2.87. The number of nitriles is 1. The molecule has 144 valence electrons. The average Bonchev–Trinajstić information content (AvgIpc) is 2.78. The van der Waals surface area contributed by atoms with E-state index in [4.69, 9.17) is 5.26 Å². The van der Waals surface area contributed by atoms with Gasteiger partial charge in [-0.25, -0.2) is 0 Å². The van der Waals surface area contributed by atoms with Gasteiger partial charge in [-0.15, -0.1) is 0 Å². The van der Waals surface area contributed by atoms with E-state index < -0.39 is 0 Å². The number of fused-ring (bicyclic) bond motifs is 1. The van der Waals surface area contributed by atoms with E-state index in [1.165, 1.54) is 0 Å². The van der Waals surface area contributed by atoms with E-state index in [2.05, 4.69) is 6.07 Å². The number of nitrogens with zero attached hydrogens (tertiary/aromatic N) is 3. The van der Waals surface area contributed by atoms with Gasteiger partial charge in [0.25, 0.3) is 5.91 Å². The smallest absolute Gasteiger partial charge is 0.254 e. The molecular formula is C23H25N3O2. The molecule has 2 amide bonds. The fourth-order valence-electron chi connectivity index (χ4n) is 4.40. The quantitative estimate of drug-likeness (QED) is 0.807. The zero-order valence-electron chi connectivity index (χ0n) is 16.0. The minimum Gasteiger partial charge on any atom is -0.342 e. The van der Waals surface area contributed by atoms with Gasteiger partial charge in [0.2, 0.25) is 5.91 Å². The normalized spacial score (nSPS) is 18.8. The Bertz CT molecular complexity index is 912. The van der Waals surface area contributed by atoms with Gasteiger partial charge in [0.05, 0.1) is 6.07 Å². The van der Waals surface area contributed by atoms with Crippen molar-refractivity contribution in [3.63, 3.8) is 0 Å². The molecule has 2 fully saturated rings. The van der Waals surface area contributed by atoms with E-state index in [9.17, 15) is 9.59 Å². The summed E-state index contributed by atoms with van der Waals surface area (Å²) in [6, 6.07) is 16.1. The van der Waals surface area contributed by atoms with Gasteiger partial charge in [0, 0.05) is 43.6 Å². The first-order valence-electron chi connectivity index (χ1n) is 10.1. The summed E-state index contributed by atoms with van der Waals surface area (Å²) in [7, 11) is 0. The number of benzene rings is 2. The number of carbonyl (C=O) groups excluding carboxylic acids is 2. The first-order valence-corrected chi connectivity index (χ1v) is 10.1. The zero-order valence-corrected chi connectivity index (χ0v) is 16.0. The third-order valence-electron chi connectivity index (χ3n) is 6.14. The number of hydrogen-bond donors (Lipinski definition) is 0. The molecule has 2 aromatic carbocycles. The number of amides is 2. The summed E-state index contributed by atoms with van der Waals surface area (Å²) >= 11 is 0. The second-order valence-electron chi connectivity index (χ2n) is 7.82. The van der Waals surface area contributed by atoms with Crippen molar-refractivity contribution in [2.45, 2.75) is 25.7 Å². The molecule has 28 heavy (non-hydrogen) atoms. The molecule has 2 heterocycles. The molecule has 0 atom stereocenters. The standard InChI is InChI=1S/C23H25N3O2/c24-16-17-8-12-25(13-9-17)22(27)19-10-14-26(15-11-19)23(28)21-7-3-5-18-4-1-2-6-20(18)21/h1-7,17,19H,8-15H2. The molecule has 5 heteroatoms. The highest BCUT2D eigenvalue weighted by molar-refractivity contribution is 6.07. The van der Waals surface area contributed by atoms with Crippen LogP contribution < -0.4 is 0 Å². The highest BCUT2D eigenvalue weighted by Crippen LogP contribution is 2.26. The third-order valence-corrected chi connectivity index (χ3v) is 6.14. The lowest BCUT2D eigenvalue weighted by Gasteiger charge is -2.36. The summed E-state index contributed by atoms with van der Waals surface area (Å²) in [5, 5.41) is 11.1. The predicted octanol–water partition coefficient (Wildman–Crippen LogP) is 3.45. The summed E-state index contributed by atoms with van der Waals surface area (Å²) in [5.41, 5.74) is 0.737. The first kappa shape index (κ1) is 18.5. The second-order valence-corrected chi connectivity index (χ2v) is 7.82. The Morgan fingerprint density at radius 1 is 0.857 bits per heavy atom. The van der Waals surface area contributed by atoms with E-state index >= 15 is 0 Å². The molecule has 0 spiro atoms. The van der Waals surface area contributed by atoms with Crippen LogP contribution in [0.25, 0.3) is 10.8 Å². The molecular weight excluding hydrogens is 350 g/mol. The van der Waals surface area contributed by atoms with Gasteiger partial charge in [0.15, 0.2) is 0 Å². The van der Waals surface area contributed by atoms with Crippen LogP contribution in [0, 0.1) is 23.2 Å². The van der Waals surface area contributed by atoms with Crippen LogP contribution in [0.4, 0.5) is 0 Å². The second kappa shape index (κ2) is 8.02. The lowest BCUT2D eigenvalue weighted by molar-refractivity contribution is -0.138. The molecule has 0 unspecified atom stereocenters. The van der Waals surface area contributed by atoms with Crippen molar-refractivity contribution in [2.24, 2.45) is 11.8 Å². The van der Waals surface area contributed by atoms with Crippen molar-refractivity contribution in [1.29, 1.82) is 5.26 Å². The molecule has 0 N–H and O–H groups in total. The maximum atomic E-state index is 13.1. The number of rotatable bonds is 2. The lowest BCUT2D eigenvalue weighted by Crippen LogP contribution is -2.46. The summed E-state index contributed by atoms with van der Waals surface area (Å²) in [4.78, 5) is 29.7. The Balaban J connectivity index is 1.38. The Kier molecular flexibility index (Phi) is 5.29. The van der Waals surface area contributed by atoms with Gasteiger partial charge in [0.1, 0.15) is 0 Å². The maximum absolute atomic E-state index is 13.1. The fraction of sp³-hybridized carbons (Fsp3) is 0.435. The number of hydrogen-bond acceptors (Lipinski definition) is 3. The van der Waals surface area contributed by atoms with Crippen LogP contribution in [0.5, 0.6) is 0 Å². The van der Waals surface area contributed by atoms with Crippen LogP contribution >= 0.6 is 0 Å². The van der Waals surface area contributed by atoms with E-state index in [0.717, 1.165) is 29.2 Å². The monoisotopic (exact) mass is 375 g/mol. The topological polar surface area (TPSA) is 64.4 Å². The summed E-state index contributed by atoms with van der Waals surface area (Å²) in [6.45, 7) is 2.61. The molecule has 0 radical (unpaired) electrons. The molecule has 2 saturated heterocycles. The molecule has 0 bridgehead atoms. The fourth-order valence-corrected chi connectivity index (χ4v) is 4.40. The van der Waals surface area contributed by atoms with Crippen LogP contribution in [-0.4, -0.2) is 47.8 Å². The van der Waals surface area contributed by atoms with Crippen molar-refractivity contribution in [1.82, 2.24) is 9.80 Å². The van der Waals surface area contributed by atoms with Crippen molar-refractivity contribution in [2.75, 3.05) is 26.2 Å². The van der Waals surface area contributed by atoms with Crippen LogP contribution in [0.15, 0.2) is 42.5 Å². The molecule has 4 rings (SSSR count). The highest BCUT2D eigenvalue weighted by atomic mass is 16.2. The van der Waals surface area contributed by atoms with Crippen molar-refractivity contribution in [3.05, 3.63) is 48.0 Å². The van der Waals surface area contributed by atoms with Crippen LogP contribution in [0.2, 0.25) is 0 Å². The highest BCUT2D eigenvalue weighted by Gasteiger charge is 2.32. The van der Waals surface area contributed by atoms with Gasteiger partial charge in [-0.05, 0) is 42.5 Å². The molecule has 2 aliphatic heterocycles. The van der Waals surface area contributed by atoms with E-state index in [-0.39, 0.29) is 23.7 Å². The number of piperidine rings is 2. The van der Waals surface area contributed by atoms with E-state index in [1.54, 1.807) is 0 Å². The van der Waals surface area contributed by atoms with Crippen molar-refractivity contribution >= 4 is 22.6 Å². The van der Waals surface area contributed by atoms with Gasteiger partial charge >= 0.3 is 0 Å². The van der Waals surface area contributed by atoms with Gasteiger partial charge in [-0.3, -0.25) is 9.59 Å². The minimum absolute atomic E-state index is 0.00444. The number of carbonyl (C=O) groups is 2. The first-order chi connectivity index (χ1) is 13.7. The Labute approximate surface area is 165 Å². The van der Waals surface area contributed by atoms with Crippen LogP contribution in [0.3, 0.4) is 0 Å². The molecule has 0 aliphatic carbocycles. The average molecular weight is 375 g/mol. The molecule has 5 nitrogen and oxygen atoms in total. The largest absolute Gasteiger partial charge is 0.342 e. The Morgan fingerprint density at radius 2 is 1.50 bits per heavy atom. The Morgan fingerprint density at radius 3 is 2.21 bits per heavy atom. The predicted molar refractivity (Wildman–Crippen MR) is 107 cm³/mol. The van der Waals surface area contributed by atoms with Crippen LogP contribution in [0.1, 0.15) is 36.0 Å². The molecule has 0 saturated carbocycles. The van der Waals surface area contributed by atoms with Crippen molar-refractivity contribution < 1.29 is 9.59 Å². The minimum atomic E-state index is -0.00444. The van der Waals surface area contributed by atoms with Gasteiger partial charge in [-0.1, -0.05) is 36.4 Å².